The Labute approximate surface area is 324 Å². The van der Waals surface area contributed by atoms with Crippen molar-refractivity contribution >= 4 is 17.7 Å². The summed E-state index contributed by atoms with van der Waals surface area (Å²) in [5.74, 6) is 0.829. The molecule has 1 unspecified atom stereocenters. The average molecular weight is 744 g/mol. The number of carbonyl (C=O) groups is 3. The smallest absolute Gasteiger partial charge is 0.306 e. The number of ether oxygens (including phenoxy) is 4. The van der Waals surface area contributed by atoms with Crippen LogP contribution in [0.5, 0.6) is 11.5 Å². The number of esters is 1. The molecular formula is C46H65NO7. The van der Waals surface area contributed by atoms with Crippen molar-refractivity contribution in [3.63, 3.8) is 0 Å². The van der Waals surface area contributed by atoms with Gasteiger partial charge < -0.3 is 24.3 Å². The molecule has 0 aromatic heterocycles. The van der Waals surface area contributed by atoms with E-state index in [9.17, 15) is 14.4 Å². The molecule has 8 nitrogen and oxygen atoms in total. The molecule has 296 valence electrons. The standard InChI is InChI=1S/C46H65NO7/c1-5-6-7-8-9-10-11-12-13-14-15-16-20-23-40(48)28-33-43(54-45(50)35-34-44(49)47-2)36-53-46(37-21-18-17-19-22-37,38-24-29-41(51-3)30-25-38)39-26-31-42(52-4)32-27-39/h17-19,21-22,24-27,29-32,43H,5-16,20,23,28,33-36H2,1-4H3,(H,47,49). The van der Waals surface area contributed by atoms with Gasteiger partial charge in [-0.15, -0.1) is 0 Å². The Balaban J connectivity index is 1.69. The maximum atomic E-state index is 13.1. The van der Waals surface area contributed by atoms with Crippen molar-refractivity contribution in [3.05, 3.63) is 95.6 Å². The number of amides is 1. The highest BCUT2D eigenvalue weighted by Gasteiger charge is 2.39. The molecule has 1 amide bonds. The van der Waals surface area contributed by atoms with E-state index in [-0.39, 0.29) is 37.6 Å². The molecular weight excluding hydrogens is 679 g/mol. The number of hydrogen-bond donors (Lipinski definition) is 1. The molecule has 3 rings (SSSR count). The van der Waals surface area contributed by atoms with Gasteiger partial charge in [0.2, 0.25) is 5.91 Å². The number of methoxy groups -OCH3 is 2. The van der Waals surface area contributed by atoms with Crippen LogP contribution >= 0.6 is 0 Å². The van der Waals surface area contributed by atoms with Gasteiger partial charge in [-0.1, -0.05) is 139 Å². The molecule has 3 aromatic carbocycles. The minimum absolute atomic E-state index is 0.0185. The van der Waals surface area contributed by atoms with E-state index in [1.807, 2.05) is 78.9 Å². The quantitative estimate of drug-likeness (QED) is 0.0429. The van der Waals surface area contributed by atoms with Crippen LogP contribution in [0.15, 0.2) is 78.9 Å². The van der Waals surface area contributed by atoms with Gasteiger partial charge in [0.15, 0.2) is 0 Å². The van der Waals surface area contributed by atoms with Crippen molar-refractivity contribution in [2.75, 3.05) is 27.9 Å². The fourth-order valence-electron chi connectivity index (χ4n) is 6.84. The zero-order valence-electron chi connectivity index (χ0n) is 33.4. The largest absolute Gasteiger partial charge is 0.497 e. The predicted molar refractivity (Wildman–Crippen MR) is 216 cm³/mol. The maximum absolute atomic E-state index is 13.1. The lowest BCUT2D eigenvalue weighted by atomic mass is 9.80. The van der Waals surface area contributed by atoms with Gasteiger partial charge in [-0.3, -0.25) is 14.4 Å². The fraction of sp³-hybridized carbons (Fsp3) is 0.543. The van der Waals surface area contributed by atoms with Crippen LogP contribution in [0.4, 0.5) is 0 Å². The van der Waals surface area contributed by atoms with Crippen molar-refractivity contribution in [1.29, 1.82) is 0 Å². The van der Waals surface area contributed by atoms with E-state index in [1.54, 1.807) is 14.2 Å². The fourth-order valence-corrected chi connectivity index (χ4v) is 6.84. The third-order valence-electron chi connectivity index (χ3n) is 10.1. The van der Waals surface area contributed by atoms with E-state index in [2.05, 4.69) is 12.2 Å². The summed E-state index contributed by atoms with van der Waals surface area (Å²) in [7, 11) is 4.79. The van der Waals surface area contributed by atoms with E-state index in [4.69, 9.17) is 18.9 Å². The van der Waals surface area contributed by atoms with Gasteiger partial charge >= 0.3 is 5.97 Å². The van der Waals surface area contributed by atoms with Crippen LogP contribution < -0.4 is 14.8 Å². The van der Waals surface area contributed by atoms with Crippen LogP contribution in [0.25, 0.3) is 0 Å². The molecule has 54 heavy (non-hydrogen) atoms. The lowest BCUT2D eigenvalue weighted by Crippen LogP contribution is -2.37. The summed E-state index contributed by atoms with van der Waals surface area (Å²) in [6, 6.07) is 25.4. The Bertz CT molecular complexity index is 1430. The van der Waals surface area contributed by atoms with Gasteiger partial charge in [0, 0.05) is 26.3 Å². The van der Waals surface area contributed by atoms with Crippen LogP contribution in [0.1, 0.15) is 139 Å². The molecule has 0 aliphatic rings. The third-order valence-corrected chi connectivity index (χ3v) is 10.1. The van der Waals surface area contributed by atoms with E-state index in [0.717, 1.165) is 36.0 Å². The van der Waals surface area contributed by atoms with E-state index in [0.29, 0.717) is 24.3 Å². The van der Waals surface area contributed by atoms with Crippen LogP contribution in [-0.4, -0.2) is 51.6 Å². The number of carbonyl (C=O) groups excluding carboxylic acids is 3. The number of rotatable bonds is 29. The number of hydrogen-bond acceptors (Lipinski definition) is 7. The Morgan fingerprint density at radius 1 is 0.593 bits per heavy atom. The van der Waals surface area contributed by atoms with Crippen molar-refractivity contribution in [2.45, 2.75) is 134 Å². The highest BCUT2D eigenvalue weighted by Crippen LogP contribution is 2.42. The van der Waals surface area contributed by atoms with Crippen molar-refractivity contribution in [1.82, 2.24) is 5.32 Å². The molecule has 0 heterocycles. The molecule has 1 atom stereocenters. The van der Waals surface area contributed by atoms with Crippen LogP contribution in [0, 0.1) is 0 Å². The molecule has 0 aliphatic heterocycles. The van der Waals surface area contributed by atoms with Gasteiger partial charge in [0.1, 0.15) is 29.0 Å². The van der Waals surface area contributed by atoms with Crippen molar-refractivity contribution < 1.29 is 33.3 Å². The van der Waals surface area contributed by atoms with Crippen LogP contribution in [0.2, 0.25) is 0 Å². The molecule has 3 aromatic rings. The molecule has 0 saturated carbocycles. The molecule has 8 heteroatoms. The summed E-state index contributed by atoms with van der Waals surface area (Å²) in [5, 5.41) is 2.55. The summed E-state index contributed by atoms with van der Waals surface area (Å²) < 4.78 is 23.9. The summed E-state index contributed by atoms with van der Waals surface area (Å²) in [5.41, 5.74) is 1.47. The summed E-state index contributed by atoms with van der Waals surface area (Å²) in [6.07, 6.45) is 16.7. The predicted octanol–water partition coefficient (Wildman–Crippen LogP) is 10.3. The SMILES string of the molecule is CCCCCCCCCCCCCCCC(=O)CCC(COC(c1ccccc1)(c1ccc(OC)cc1)c1ccc(OC)cc1)OC(=O)CCC(=O)NC. The second-order valence-corrected chi connectivity index (χ2v) is 14.2. The normalized spacial score (nSPS) is 11.9. The minimum Gasteiger partial charge on any atom is -0.497 e. The first-order chi connectivity index (χ1) is 26.4. The zero-order valence-corrected chi connectivity index (χ0v) is 33.4. The molecule has 0 aliphatic carbocycles. The zero-order chi connectivity index (χ0) is 38.9. The van der Waals surface area contributed by atoms with Gasteiger partial charge in [-0.25, -0.2) is 0 Å². The Morgan fingerprint density at radius 2 is 1.07 bits per heavy atom. The van der Waals surface area contributed by atoms with E-state index < -0.39 is 17.7 Å². The van der Waals surface area contributed by atoms with Gasteiger partial charge in [-0.05, 0) is 53.8 Å². The summed E-state index contributed by atoms with van der Waals surface area (Å²) in [4.78, 5) is 38.0. The molecule has 0 bridgehead atoms. The second-order valence-electron chi connectivity index (χ2n) is 14.2. The van der Waals surface area contributed by atoms with E-state index in [1.165, 1.54) is 71.3 Å². The number of Topliss-reactive ketones (excluding diaryl/α,β-unsaturated/α-hetero) is 1. The van der Waals surface area contributed by atoms with Crippen LogP contribution in [0.3, 0.4) is 0 Å². The first kappa shape index (κ1) is 44.2. The number of ketones is 1. The first-order valence-corrected chi connectivity index (χ1v) is 20.3. The lowest BCUT2D eigenvalue weighted by molar-refractivity contribution is -0.156. The second kappa shape index (κ2) is 25.8. The Morgan fingerprint density at radius 3 is 1.56 bits per heavy atom. The van der Waals surface area contributed by atoms with Crippen molar-refractivity contribution in [3.8, 4) is 11.5 Å². The summed E-state index contributed by atoms with van der Waals surface area (Å²) in [6.45, 7) is 2.28. The number of unbranched alkanes of at least 4 members (excludes halogenated alkanes) is 12. The highest BCUT2D eigenvalue weighted by atomic mass is 16.6. The molecule has 0 radical (unpaired) electrons. The number of nitrogens with one attached hydrogen (secondary N) is 1. The topological polar surface area (TPSA) is 100 Å². The molecule has 0 fully saturated rings. The number of benzene rings is 3. The average Bonchev–Trinajstić information content (AvgIpc) is 3.21. The van der Waals surface area contributed by atoms with Gasteiger partial charge in [0.25, 0.3) is 0 Å². The highest BCUT2D eigenvalue weighted by molar-refractivity contribution is 5.81. The first-order valence-electron chi connectivity index (χ1n) is 20.3. The Kier molecular flexibility index (Phi) is 21.1. The molecule has 0 saturated heterocycles. The summed E-state index contributed by atoms with van der Waals surface area (Å²) >= 11 is 0. The van der Waals surface area contributed by atoms with Gasteiger partial charge in [0.05, 0.1) is 27.2 Å². The molecule has 0 spiro atoms. The third kappa shape index (κ3) is 15.3. The van der Waals surface area contributed by atoms with Gasteiger partial charge in [-0.2, -0.15) is 0 Å². The van der Waals surface area contributed by atoms with Crippen LogP contribution in [-0.2, 0) is 29.5 Å². The maximum Gasteiger partial charge on any atom is 0.306 e. The minimum atomic E-state index is -1.11. The van der Waals surface area contributed by atoms with Crippen molar-refractivity contribution in [2.24, 2.45) is 0 Å². The lowest BCUT2D eigenvalue weighted by Gasteiger charge is -2.37. The van der Waals surface area contributed by atoms with E-state index >= 15 is 0 Å². The molecule has 1 N–H and O–H groups in total. The Hall–Kier alpha value is -4.17. The monoisotopic (exact) mass is 743 g/mol.